The van der Waals surface area contributed by atoms with Gasteiger partial charge in [0.2, 0.25) is 0 Å². The zero-order valence-corrected chi connectivity index (χ0v) is 20.2. The van der Waals surface area contributed by atoms with Crippen molar-refractivity contribution in [3.63, 3.8) is 0 Å². The Kier molecular flexibility index (Phi) is 6.15. The van der Waals surface area contributed by atoms with Crippen LogP contribution in [0.4, 0.5) is 5.69 Å². The maximum absolute atomic E-state index is 13.4. The number of carbonyl (C=O) groups is 2. The van der Waals surface area contributed by atoms with Gasteiger partial charge in [0.15, 0.2) is 16.4 Å². The lowest BCUT2D eigenvalue weighted by Gasteiger charge is -2.28. The van der Waals surface area contributed by atoms with Crippen molar-refractivity contribution in [2.24, 2.45) is 5.92 Å². The molecule has 0 spiro atoms. The van der Waals surface area contributed by atoms with Gasteiger partial charge in [0, 0.05) is 22.2 Å². The van der Waals surface area contributed by atoms with E-state index in [0.29, 0.717) is 22.6 Å². The Morgan fingerprint density at radius 2 is 1.83 bits per heavy atom. The molecule has 1 amide bonds. The van der Waals surface area contributed by atoms with E-state index in [4.69, 9.17) is 9.72 Å². The van der Waals surface area contributed by atoms with Crippen LogP contribution in [0.25, 0.3) is 10.9 Å². The number of carbonyl (C=O) groups excluding carboxylic acids is 2. The predicted molar refractivity (Wildman–Crippen MR) is 134 cm³/mol. The number of aryl methyl sites for hydroxylation is 1. The standard InChI is InChI=1S/C27H26N2O5S/c1-18-11-12-24-22(15-18)26(21-9-5-6-10-23(21)28-24)27(31)34-16-25(30)29(19-7-3-2-4-8-19)20-13-14-35(32,33)17-20/h2-10,13-14,18,20H,11-12,15-17H2,1H3. The first-order valence-electron chi connectivity index (χ1n) is 11.7. The highest BCUT2D eigenvalue weighted by Crippen LogP contribution is 2.32. The van der Waals surface area contributed by atoms with Crippen molar-refractivity contribution in [2.75, 3.05) is 17.3 Å². The molecule has 35 heavy (non-hydrogen) atoms. The fourth-order valence-electron chi connectivity index (χ4n) is 4.89. The van der Waals surface area contributed by atoms with Crippen LogP contribution in [0.5, 0.6) is 0 Å². The number of amides is 1. The molecular formula is C27H26N2O5S. The molecule has 0 saturated heterocycles. The number of hydrogen-bond donors (Lipinski definition) is 0. The number of benzene rings is 2. The third kappa shape index (κ3) is 4.71. The molecule has 8 heteroatoms. The Hall–Kier alpha value is -3.52. The van der Waals surface area contributed by atoms with Gasteiger partial charge >= 0.3 is 5.97 Å². The van der Waals surface area contributed by atoms with Crippen LogP contribution < -0.4 is 4.90 Å². The first-order valence-corrected chi connectivity index (χ1v) is 13.4. The number of hydrogen-bond acceptors (Lipinski definition) is 6. The summed E-state index contributed by atoms with van der Waals surface area (Å²) in [6.07, 6.45) is 4.03. The first-order chi connectivity index (χ1) is 16.8. The Morgan fingerprint density at radius 3 is 2.57 bits per heavy atom. The van der Waals surface area contributed by atoms with Crippen molar-refractivity contribution >= 4 is 38.3 Å². The second-order valence-corrected chi connectivity index (χ2v) is 11.1. The number of esters is 1. The van der Waals surface area contributed by atoms with Gasteiger partial charge in [-0.15, -0.1) is 0 Å². The van der Waals surface area contributed by atoms with E-state index in [1.165, 1.54) is 11.0 Å². The van der Waals surface area contributed by atoms with E-state index in [1.54, 1.807) is 24.3 Å². The van der Waals surface area contributed by atoms with E-state index in [2.05, 4.69) is 6.92 Å². The number of fused-ring (bicyclic) bond motifs is 2. The topological polar surface area (TPSA) is 93.6 Å². The highest BCUT2D eigenvalue weighted by atomic mass is 32.2. The van der Waals surface area contributed by atoms with Crippen LogP contribution in [0.3, 0.4) is 0 Å². The second kappa shape index (κ2) is 9.26. The molecule has 2 aromatic carbocycles. The number of sulfone groups is 1. The summed E-state index contributed by atoms with van der Waals surface area (Å²) in [5, 5.41) is 1.84. The summed E-state index contributed by atoms with van der Waals surface area (Å²) in [5.74, 6) is -0.841. The molecule has 180 valence electrons. The molecule has 0 N–H and O–H groups in total. The van der Waals surface area contributed by atoms with Gasteiger partial charge in [-0.1, -0.05) is 43.3 Å². The molecule has 1 aromatic heterocycles. The molecule has 0 fully saturated rings. The van der Waals surface area contributed by atoms with Crippen molar-refractivity contribution in [3.8, 4) is 0 Å². The molecule has 5 rings (SSSR count). The SMILES string of the molecule is CC1CCc2nc3ccccc3c(C(=O)OCC(=O)N(c3ccccc3)C3C=CS(=O)(=O)C3)c2C1. The Labute approximate surface area is 204 Å². The Morgan fingerprint density at radius 1 is 1.09 bits per heavy atom. The maximum Gasteiger partial charge on any atom is 0.339 e. The minimum atomic E-state index is -3.39. The molecular weight excluding hydrogens is 464 g/mol. The summed E-state index contributed by atoms with van der Waals surface area (Å²) in [6.45, 7) is 1.65. The number of aromatic nitrogens is 1. The molecule has 0 radical (unpaired) electrons. The monoisotopic (exact) mass is 490 g/mol. The van der Waals surface area contributed by atoms with Crippen LogP contribution in [0.1, 0.15) is 35.0 Å². The summed E-state index contributed by atoms with van der Waals surface area (Å²) >= 11 is 0. The van der Waals surface area contributed by atoms with Crippen molar-refractivity contribution in [1.29, 1.82) is 0 Å². The first kappa shape index (κ1) is 23.2. The van der Waals surface area contributed by atoms with E-state index in [0.717, 1.165) is 41.4 Å². The largest absolute Gasteiger partial charge is 0.452 e. The third-order valence-electron chi connectivity index (χ3n) is 6.58. The summed E-state index contributed by atoms with van der Waals surface area (Å²) in [4.78, 5) is 32.8. The van der Waals surface area contributed by atoms with Crippen LogP contribution in [0, 0.1) is 5.92 Å². The molecule has 7 nitrogen and oxygen atoms in total. The van der Waals surface area contributed by atoms with Gasteiger partial charge in [-0.05, 0) is 55.0 Å². The average molecular weight is 491 g/mol. The second-order valence-electron chi connectivity index (χ2n) is 9.18. The lowest BCUT2D eigenvalue weighted by atomic mass is 9.84. The maximum atomic E-state index is 13.4. The highest BCUT2D eigenvalue weighted by molar-refractivity contribution is 7.94. The van der Waals surface area contributed by atoms with Crippen molar-refractivity contribution in [3.05, 3.63) is 82.9 Å². The molecule has 0 bridgehead atoms. The lowest BCUT2D eigenvalue weighted by molar-refractivity contribution is -0.121. The zero-order chi connectivity index (χ0) is 24.6. The molecule has 2 heterocycles. The Bertz CT molecular complexity index is 1430. The predicted octanol–water partition coefficient (Wildman–Crippen LogP) is 3.86. The van der Waals surface area contributed by atoms with Gasteiger partial charge < -0.3 is 9.64 Å². The molecule has 2 atom stereocenters. The molecule has 0 saturated carbocycles. The number of anilines is 1. The molecule has 1 aliphatic heterocycles. The quantitative estimate of drug-likeness (QED) is 0.504. The number of rotatable bonds is 5. The highest BCUT2D eigenvalue weighted by Gasteiger charge is 2.32. The summed E-state index contributed by atoms with van der Waals surface area (Å²) in [6, 6.07) is 15.6. The Balaban J connectivity index is 1.43. The van der Waals surface area contributed by atoms with Crippen LogP contribution >= 0.6 is 0 Å². The molecule has 2 aliphatic rings. The van der Waals surface area contributed by atoms with Crippen LogP contribution in [-0.2, 0) is 32.2 Å². The van der Waals surface area contributed by atoms with Gasteiger partial charge in [0.25, 0.3) is 5.91 Å². The van der Waals surface area contributed by atoms with E-state index >= 15 is 0 Å². The van der Waals surface area contributed by atoms with Crippen molar-refractivity contribution in [1.82, 2.24) is 4.98 Å². The molecule has 3 aromatic rings. The van der Waals surface area contributed by atoms with Crippen LogP contribution in [-0.4, -0.2) is 43.7 Å². The average Bonchev–Trinajstić information content (AvgIpc) is 3.20. The lowest BCUT2D eigenvalue weighted by Crippen LogP contribution is -2.43. The van der Waals surface area contributed by atoms with Gasteiger partial charge in [0.1, 0.15) is 0 Å². The summed E-state index contributed by atoms with van der Waals surface area (Å²) in [5.41, 5.74) is 3.55. The fraction of sp³-hybridized carbons (Fsp3) is 0.296. The minimum absolute atomic E-state index is 0.206. The minimum Gasteiger partial charge on any atom is -0.452 e. The van der Waals surface area contributed by atoms with Gasteiger partial charge in [-0.2, -0.15) is 0 Å². The normalized spacial score (nSPS) is 20.4. The number of pyridine rings is 1. The molecule has 1 aliphatic carbocycles. The third-order valence-corrected chi connectivity index (χ3v) is 7.96. The van der Waals surface area contributed by atoms with Gasteiger partial charge in [-0.3, -0.25) is 9.78 Å². The number of nitrogens with zero attached hydrogens (tertiary/aromatic N) is 2. The van der Waals surface area contributed by atoms with E-state index in [-0.39, 0.29) is 5.75 Å². The van der Waals surface area contributed by atoms with Crippen LogP contribution in [0.2, 0.25) is 0 Å². The number of para-hydroxylation sites is 2. The van der Waals surface area contributed by atoms with E-state index in [9.17, 15) is 18.0 Å². The summed E-state index contributed by atoms with van der Waals surface area (Å²) in [7, 11) is -3.39. The van der Waals surface area contributed by atoms with E-state index in [1.807, 2.05) is 30.3 Å². The van der Waals surface area contributed by atoms with Gasteiger partial charge in [0.05, 0.1) is 22.9 Å². The van der Waals surface area contributed by atoms with Crippen molar-refractivity contribution in [2.45, 2.75) is 32.2 Å². The van der Waals surface area contributed by atoms with Crippen LogP contribution in [0.15, 0.2) is 66.1 Å². The van der Waals surface area contributed by atoms with E-state index < -0.39 is 34.4 Å². The smallest absolute Gasteiger partial charge is 0.339 e. The number of ether oxygens (including phenoxy) is 1. The van der Waals surface area contributed by atoms with Gasteiger partial charge in [-0.25, -0.2) is 13.2 Å². The van der Waals surface area contributed by atoms with Crippen molar-refractivity contribution < 1.29 is 22.7 Å². The zero-order valence-electron chi connectivity index (χ0n) is 19.4. The summed E-state index contributed by atoms with van der Waals surface area (Å²) < 4.78 is 29.6. The molecule has 2 unspecified atom stereocenters. The fourth-order valence-corrected chi connectivity index (χ4v) is 6.16.